The minimum absolute atomic E-state index is 0.214. The Morgan fingerprint density at radius 1 is 1.16 bits per heavy atom. The van der Waals surface area contributed by atoms with Crippen LogP contribution in [-0.4, -0.2) is 30.8 Å². The monoisotopic (exact) mass is 359 g/mol. The highest BCUT2D eigenvalue weighted by Crippen LogP contribution is 2.25. The molecule has 1 aromatic carbocycles. The Morgan fingerprint density at radius 3 is 2.40 bits per heavy atom. The SMILES string of the molecule is CCNC(=NCc1ccc(C)cc1OC(C)(C)C)NCCC(F)(F)F. The Hall–Kier alpha value is -1.92. The number of aryl methyl sites for hydroxylation is 1. The number of hydrogen-bond acceptors (Lipinski definition) is 2. The van der Waals surface area contributed by atoms with E-state index in [1.54, 1.807) is 0 Å². The van der Waals surface area contributed by atoms with E-state index in [9.17, 15) is 13.2 Å². The Labute approximate surface area is 147 Å². The summed E-state index contributed by atoms with van der Waals surface area (Å²) in [6.45, 7) is 10.4. The first-order chi connectivity index (χ1) is 11.5. The lowest BCUT2D eigenvalue weighted by Crippen LogP contribution is -2.38. The molecular formula is C18H28F3N3O. The summed E-state index contributed by atoms with van der Waals surface area (Å²) >= 11 is 0. The Morgan fingerprint density at radius 2 is 1.84 bits per heavy atom. The number of alkyl halides is 3. The maximum atomic E-state index is 12.3. The fourth-order valence-corrected chi connectivity index (χ4v) is 2.05. The molecule has 0 fully saturated rings. The first kappa shape index (κ1) is 21.1. The Balaban J connectivity index is 2.84. The van der Waals surface area contributed by atoms with Crippen LogP contribution in [-0.2, 0) is 6.54 Å². The number of guanidine groups is 1. The van der Waals surface area contributed by atoms with Gasteiger partial charge in [0, 0.05) is 18.7 Å². The molecule has 0 heterocycles. The molecule has 0 aliphatic heterocycles. The summed E-state index contributed by atoms with van der Waals surface area (Å²) in [5, 5.41) is 5.65. The predicted octanol–water partition coefficient (Wildman–Crippen LogP) is 4.18. The summed E-state index contributed by atoms with van der Waals surface area (Å²) in [6, 6.07) is 5.84. The van der Waals surface area contributed by atoms with Crippen LogP contribution >= 0.6 is 0 Å². The minimum Gasteiger partial charge on any atom is -0.488 e. The third-order valence-electron chi connectivity index (χ3n) is 3.09. The van der Waals surface area contributed by atoms with Crippen molar-refractivity contribution < 1.29 is 17.9 Å². The third-order valence-corrected chi connectivity index (χ3v) is 3.09. The van der Waals surface area contributed by atoms with Crippen LogP contribution in [0.25, 0.3) is 0 Å². The van der Waals surface area contributed by atoms with E-state index in [2.05, 4.69) is 15.6 Å². The van der Waals surface area contributed by atoms with Gasteiger partial charge in [-0.05, 0) is 46.2 Å². The summed E-state index contributed by atoms with van der Waals surface area (Å²) in [5.74, 6) is 1.09. The molecule has 0 bridgehead atoms. The summed E-state index contributed by atoms with van der Waals surface area (Å²) in [7, 11) is 0. The first-order valence-corrected chi connectivity index (χ1v) is 8.37. The number of rotatable bonds is 6. The molecule has 25 heavy (non-hydrogen) atoms. The van der Waals surface area contributed by atoms with Crippen LogP contribution in [0.3, 0.4) is 0 Å². The topological polar surface area (TPSA) is 45.7 Å². The van der Waals surface area contributed by atoms with E-state index < -0.39 is 12.6 Å². The van der Waals surface area contributed by atoms with Crippen LogP contribution in [0.15, 0.2) is 23.2 Å². The Kier molecular flexibility index (Phi) is 7.58. The van der Waals surface area contributed by atoms with Gasteiger partial charge in [-0.3, -0.25) is 0 Å². The van der Waals surface area contributed by atoms with Crippen molar-refractivity contribution in [2.45, 2.75) is 59.4 Å². The minimum atomic E-state index is -4.19. The second-order valence-corrected chi connectivity index (χ2v) is 6.81. The third kappa shape index (κ3) is 9.22. The first-order valence-electron chi connectivity index (χ1n) is 8.37. The van der Waals surface area contributed by atoms with Crippen molar-refractivity contribution in [3.05, 3.63) is 29.3 Å². The highest BCUT2D eigenvalue weighted by atomic mass is 19.4. The smallest absolute Gasteiger partial charge is 0.390 e. The number of benzene rings is 1. The summed E-state index contributed by atoms with van der Waals surface area (Å²) < 4.78 is 42.8. The number of hydrogen-bond donors (Lipinski definition) is 2. The zero-order chi connectivity index (χ0) is 19.1. The quantitative estimate of drug-likeness (QED) is 0.592. The number of aliphatic imine (C=N–C) groups is 1. The van der Waals surface area contributed by atoms with Crippen LogP contribution in [0.4, 0.5) is 13.2 Å². The van der Waals surface area contributed by atoms with Crippen molar-refractivity contribution >= 4 is 5.96 Å². The molecule has 1 rings (SSSR count). The number of nitrogens with zero attached hydrogens (tertiary/aromatic N) is 1. The molecule has 0 atom stereocenters. The van der Waals surface area contributed by atoms with Gasteiger partial charge in [0.2, 0.25) is 0 Å². The number of ether oxygens (including phenoxy) is 1. The van der Waals surface area contributed by atoms with E-state index in [-0.39, 0.29) is 12.1 Å². The molecule has 0 aliphatic rings. The normalized spacial score (nSPS) is 12.9. The van der Waals surface area contributed by atoms with E-state index in [1.807, 2.05) is 52.8 Å². The summed E-state index contributed by atoms with van der Waals surface area (Å²) in [4.78, 5) is 4.37. The fourth-order valence-electron chi connectivity index (χ4n) is 2.05. The van der Waals surface area contributed by atoms with Gasteiger partial charge in [0.05, 0.1) is 13.0 Å². The number of nitrogens with one attached hydrogen (secondary N) is 2. The van der Waals surface area contributed by atoms with Crippen LogP contribution in [0.1, 0.15) is 45.2 Å². The molecule has 0 unspecified atom stereocenters. The lowest BCUT2D eigenvalue weighted by Gasteiger charge is -2.23. The second kappa shape index (κ2) is 8.97. The molecule has 0 aliphatic carbocycles. The zero-order valence-electron chi connectivity index (χ0n) is 15.5. The van der Waals surface area contributed by atoms with Crippen molar-refractivity contribution in [3.63, 3.8) is 0 Å². The predicted molar refractivity (Wildman–Crippen MR) is 95.1 cm³/mol. The molecule has 1 aromatic rings. The van der Waals surface area contributed by atoms with Gasteiger partial charge in [-0.2, -0.15) is 13.2 Å². The van der Waals surface area contributed by atoms with Gasteiger partial charge in [-0.15, -0.1) is 0 Å². The van der Waals surface area contributed by atoms with Gasteiger partial charge in [0.1, 0.15) is 11.4 Å². The Bertz CT molecular complexity index is 578. The summed E-state index contributed by atoms with van der Waals surface area (Å²) in [6.07, 6.45) is -5.09. The van der Waals surface area contributed by atoms with Crippen LogP contribution in [0, 0.1) is 6.92 Å². The largest absolute Gasteiger partial charge is 0.488 e. The number of halogens is 3. The van der Waals surface area contributed by atoms with Crippen LogP contribution < -0.4 is 15.4 Å². The van der Waals surface area contributed by atoms with Crippen molar-refractivity contribution in [1.29, 1.82) is 0 Å². The van der Waals surface area contributed by atoms with E-state index in [1.165, 1.54) is 0 Å². The molecule has 0 radical (unpaired) electrons. The van der Waals surface area contributed by atoms with Crippen molar-refractivity contribution in [2.75, 3.05) is 13.1 Å². The van der Waals surface area contributed by atoms with E-state index in [4.69, 9.17) is 4.74 Å². The van der Waals surface area contributed by atoms with Crippen LogP contribution in [0.5, 0.6) is 5.75 Å². The molecule has 0 spiro atoms. The van der Waals surface area contributed by atoms with Crippen molar-refractivity contribution in [3.8, 4) is 5.75 Å². The van der Waals surface area contributed by atoms with Gasteiger partial charge in [0.25, 0.3) is 0 Å². The average Bonchev–Trinajstić information content (AvgIpc) is 2.43. The maximum Gasteiger partial charge on any atom is 0.390 e. The maximum absolute atomic E-state index is 12.3. The molecule has 4 nitrogen and oxygen atoms in total. The van der Waals surface area contributed by atoms with E-state index in [0.717, 1.165) is 16.9 Å². The molecule has 0 amide bonds. The lowest BCUT2D eigenvalue weighted by atomic mass is 10.1. The second-order valence-electron chi connectivity index (χ2n) is 6.81. The molecule has 142 valence electrons. The lowest BCUT2D eigenvalue weighted by molar-refractivity contribution is -0.132. The zero-order valence-corrected chi connectivity index (χ0v) is 15.5. The van der Waals surface area contributed by atoms with Crippen molar-refractivity contribution in [2.24, 2.45) is 4.99 Å². The van der Waals surface area contributed by atoms with Crippen LogP contribution in [0.2, 0.25) is 0 Å². The standard InChI is InChI=1S/C18H28F3N3O/c1-6-22-16(23-10-9-18(19,20)21)24-12-14-8-7-13(2)11-15(14)25-17(3,4)5/h7-8,11H,6,9-10,12H2,1-5H3,(H2,22,23,24). The van der Waals surface area contributed by atoms with Gasteiger partial charge >= 0.3 is 6.18 Å². The molecule has 0 saturated carbocycles. The highest BCUT2D eigenvalue weighted by molar-refractivity contribution is 5.79. The van der Waals surface area contributed by atoms with E-state index >= 15 is 0 Å². The molecular weight excluding hydrogens is 331 g/mol. The average molecular weight is 359 g/mol. The molecule has 0 saturated heterocycles. The highest BCUT2D eigenvalue weighted by Gasteiger charge is 2.26. The van der Waals surface area contributed by atoms with Gasteiger partial charge in [0.15, 0.2) is 5.96 Å². The molecule has 2 N–H and O–H groups in total. The van der Waals surface area contributed by atoms with E-state index in [0.29, 0.717) is 19.0 Å². The van der Waals surface area contributed by atoms with Gasteiger partial charge in [-0.1, -0.05) is 12.1 Å². The van der Waals surface area contributed by atoms with Gasteiger partial charge < -0.3 is 15.4 Å². The van der Waals surface area contributed by atoms with Crippen molar-refractivity contribution in [1.82, 2.24) is 10.6 Å². The molecule has 7 heteroatoms. The molecule has 0 aromatic heterocycles. The fraction of sp³-hybridized carbons (Fsp3) is 0.611. The summed E-state index contributed by atoms with van der Waals surface area (Å²) in [5.41, 5.74) is 1.61. The van der Waals surface area contributed by atoms with Gasteiger partial charge in [-0.25, -0.2) is 4.99 Å².